The highest BCUT2D eigenvalue weighted by Gasteiger charge is 2.35. The lowest BCUT2D eigenvalue weighted by Crippen LogP contribution is -2.41. The molecule has 1 aromatic heterocycles. The minimum absolute atomic E-state index is 0.0582. The molecule has 4 heteroatoms. The number of furan rings is 1. The second-order valence-electron chi connectivity index (χ2n) is 7.09. The summed E-state index contributed by atoms with van der Waals surface area (Å²) in [5.74, 6) is 2.02. The van der Waals surface area contributed by atoms with E-state index in [1.807, 2.05) is 6.92 Å². The van der Waals surface area contributed by atoms with Gasteiger partial charge in [-0.1, -0.05) is 20.8 Å². The number of carbonyl (C=O) groups excluding carboxylic acids is 1. The van der Waals surface area contributed by atoms with Crippen LogP contribution in [0.15, 0.2) is 10.5 Å². The maximum Gasteiger partial charge on any atom is 0.234 e. The molecule has 0 radical (unpaired) electrons. The van der Waals surface area contributed by atoms with Crippen molar-refractivity contribution in [1.29, 1.82) is 0 Å². The van der Waals surface area contributed by atoms with E-state index >= 15 is 0 Å². The quantitative estimate of drug-likeness (QED) is 0.877. The first-order valence-electron chi connectivity index (χ1n) is 7.92. The summed E-state index contributed by atoms with van der Waals surface area (Å²) in [7, 11) is 0. The zero-order valence-electron chi connectivity index (χ0n) is 13.9. The Bertz CT molecular complexity index is 505. The highest BCUT2D eigenvalue weighted by molar-refractivity contribution is 5.78. The number of carbonyl (C=O) groups is 1. The maximum absolute atomic E-state index is 12.2. The molecule has 118 valence electrons. The topological polar surface area (TPSA) is 54.3 Å². The van der Waals surface area contributed by atoms with Crippen molar-refractivity contribution in [2.24, 2.45) is 5.41 Å². The Kier molecular flexibility index (Phi) is 4.77. The van der Waals surface area contributed by atoms with Crippen LogP contribution in [0.1, 0.15) is 63.7 Å². The number of hydrogen-bond donors (Lipinski definition) is 2. The molecule has 2 atom stereocenters. The summed E-state index contributed by atoms with van der Waals surface area (Å²) in [6.07, 6.45) is 2.91. The average molecular weight is 292 g/mol. The zero-order chi connectivity index (χ0) is 15.6. The summed E-state index contributed by atoms with van der Waals surface area (Å²) >= 11 is 0. The normalized spacial score (nSPS) is 21.7. The SMILES string of the molecule is CCC(C)NCC(=O)NC1CC(C)(C)Cc2oc(C)cc21. The number of rotatable bonds is 5. The molecule has 0 fully saturated rings. The molecule has 2 rings (SSSR count). The summed E-state index contributed by atoms with van der Waals surface area (Å²) < 4.78 is 5.80. The van der Waals surface area contributed by atoms with E-state index in [1.54, 1.807) is 0 Å². The Labute approximate surface area is 127 Å². The minimum Gasteiger partial charge on any atom is -0.466 e. The van der Waals surface area contributed by atoms with Gasteiger partial charge < -0.3 is 15.1 Å². The number of aryl methyl sites for hydroxylation is 1. The fourth-order valence-corrected chi connectivity index (χ4v) is 2.97. The summed E-state index contributed by atoms with van der Waals surface area (Å²) in [6.45, 7) is 11.0. The molecule has 21 heavy (non-hydrogen) atoms. The van der Waals surface area contributed by atoms with Crippen LogP contribution in [0.3, 0.4) is 0 Å². The first kappa shape index (κ1) is 16.1. The van der Waals surface area contributed by atoms with Crippen molar-refractivity contribution in [1.82, 2.24) is 10.6 Å². The van der Waals surface area contributed by atoms with Gasteiger partial charge >= 0.3 is 0 Å². The van der Waals surface area contributed by atoms with Crippen LogP contribution in [0.25, 0.3) is 0 Å². The van der Waals surface area contributed by atoms with Gasteiger partial charge in [0.2, 0.25) is 5.91 Å². The highest BCUT2D eigenvalue weighted by Crippen LogP contribution is 2.41. The third-order valence-electron chi connectivity index (χ3n) is 4.29. The Hall–Kier alpha value is -1.29. The van der Waals surface area contributed by atoms with Crippen LogP contribution in [0.2, 0.25) is 0 Å². The van der Waals surface area contributed by atoms with Crippen LogP contribution in [-0.2, 0) is 11.2 Å². The lowest BCUT2D eigenvalue weighted by molar-refractivity contribution is -0.121. The summed E-state index contributed by atoms with van der Waals surface area (Å²) in [6, 6.07) is 2.50. The molecule has 0 bridgehead atoms. The predicted octanol–water partition coefficient (Wildman–Crippen LogP) is 3.11. The van der Waals surface area contributed by atoms with Crippen LogP contribution >= 0.6 is 0 Å². The summed E-state index contributed by atoms with van der Waals surface area (Å²) in [5.41, 5.74) is 1.31. The van der Waals surface area contributed by atoms with Gasteiger partial charge in [-0.05, 0) is 38.2 Å². The molecular formula is C17H28N2O2. The van der Waals surface area contributed by atoms with Gasteiger partial charge in [-0.25, -0.2) is 0 Å². The van der Waals surface area contributed by atoms with E-state index in [0.29, 0.717) is 12.6 Å². The second-order valence-corrected chi connectivity index (χ2v) is 7.09. The minimum atomic E-state index is 0.0582. The maximum atomic E-state index is 12.2. The van der Waals surface area contributed by atoms with Crippen molar-refractivity contribution >= 4 is 5.91 Å². The monoisotopic (exact) mass is 292 g/mol. The smallest absolute Gasteiger partial charge is 0.234 e. The Morgan fingerprint density at radius 3 is 2.90 bits per heavy atom. The Morgan fingerprint density at radius 1 is 1.52 bits per heavy atom. The molecule has 1 amide bonds. The summed E-state index contributed by atoms with van der Waals surface area (Å²) in [5, 5.41) is 6.40. The molecule has 0 saturated heterocycles. The van der Waals surface area contributed by atoms with Gasteiger partial charge in [0, 0.05) is 18.0 Å². The van der Waals surface area contributed by atoms with Crippen LogP contribution in [0, 0.1) is 12.3 Å². The Balaban J connectivity index is 2.03. The standard InChI is InChI=1S/C17H28N2O2/c1-6-11(2)18-10-16(20)19-14-8-17(4,5)9-15-13(14)7-12(3)21-15/h7,11,14,18H,6,8-10H2,1-5H3,(H,19,20). The molecule has 1 heterocycles. The first-order chi connectivity index (χ1) is 9.80. The predicted molar refractivity (Wildman–Crippen MR) is 84.2 cm³/mol. The van der Waals surface area contributed by atoms with E-state index in [4.69, 9.17) is 4.42 Å². The van der Waals surface area contributed by atoms with Crippen LogP contribution in [0.4, 0.5) is 0 Å². The van der Waals surface area contributed by atoms with Gasteiger partial charge in [-0.15, -0.1) is 0 Å². The molecule has 1 aliphatic rings. The second kappa shape index (κ2) is 6.22. The number of nitrogens with one attached hydrogen (secondary N) is 2. The third-order valence-corrected chi connectivity index (χ3v) is 4.29. The van der Waals surface area contributed by atoms with Crippen molar-refractivity contribution < 1.29 is 9.21 Å². The number of fused-ring (bicyclic) bond motifs is 1. The van der Waals surface area contributed by atoms with Gasteiger partial charge in [0.15, 0.2) is 0 Å². The van der Waals surface area contributed by atoms with Crippen LogP contribution in [0.5, 0.6) is 0 Å². The molecule has 1 aliphatic carbocycles. The number of hydrogen-bond acceptors (Lipinski definition) is 3. The highest BCUT2D eigenvalue weighted by atomic mass is 16.3. The number of amides is 1. The fourth-order valence-electron chi connectivity index (χ4n) is 2.97. The molecule has 0 spiro atoms. The largest absolute Gasteiger partial charge is 0.466 e. The van der Waals surface area contributed by atoms with Crippen molar-refractivity contribution in [2.75, 3.05) is 6.54 Å². The van der Waals surface area contributed by atoms with Crippen molar-refractivity contribution in [3.63, 3.8) is 0 Å². The van der Waals surface area contributed by atoms with E-state index < -0.39 is 0 Å². The lowest BCUT2D eigenvalue weighted by atomic mass is 9.74. The van der Waals surface area contributed by atoms with Crippen molar-refractivity contribution in [3.8, 4) is 0 Å². The molecule has 0 saturated carbocycles. The Morgan fingerprint density at radius 2 is 2.24 bits per heavy atom. The van der Waals surface area contributed by atoms with Gasteiger partial charge in [0.1, 0.15) is 11.5 Å². The van der Waals surface area contributed by atoms with Gasteiger partial charge in [0.05, 0.1) is 12.6 Å². The molecular weight excluding hydrogens is 264 g/mol. The molecule has 2 unspecified atom stereocenters. The summed E-state index contributed by atoms with van der Waals surface area (Å²) in [4.78, 5) is 12.2. The third kappa shape index (κ3) is 4.10. The van der Waals surface area contributed by atoms with Gasteiger partial charge in [-0.2, -0.15) is 0 Å². The van der Waals surface area contributed by atoms with E-state index in [1.165, 1.54) is 0 Å². The molecule has 4 nitrogen and oxygen atoms in total. The van der Waals surface area contributed by atoms with Crippen molar-refractivity contribution in [2.45, 2.75) is 66.0 Å². The zero-order valence-corrected chi connectivity index (χ0v) is 13.9. The lowest BCUT2D eigenvalue weighted by Gasteiger charge is -2.34. The van der Waals surface area contributed by atoms with Gasteiger partial charge in [0.25, 0.3) is 0 Å². The fraction of sp³-hybridized carbons (Fsp3) is 0.706. The van der Waals surface area contributed by atoms with Crippen molar-refractivity contribution in [3.05, 3.63) is 23.2 Å². The van der Waals surface area contributed by atoms with Gasteiger partial charge in [-0.3, -0.25) is 4.79 Å². The van der Waals surface area contributed by atoms with Crippen LogP contribution in [-0.4, -0.2) is 18.5 Å². The molecule has 0 aliphatic heterocycles. The molecule has 0 aromatic carbocycles. The van der Waals surface area contributed by atoms with E-state index in [0.717, 1.165) is 36.3 Å². The van der Waals surface area contributed by atoms with Crippen LogP contribution < -0.4 is 10.6 Å². The van der Waals surface area contributed by atoms with E-state index in [9.17, 15) is 4.79 Å². The van der Waals surface area contributed by atoms with E-state index in [2.05, 4.69) is 44.4 Å². The average Bonchev–Trinajstić information content (AvgIpc) is 2.74. The first-order valence-corrected chi connectivity index (χ1v) is 7.92. The molecule has 1 aromatic rings. The molecule has 2 N–H and O–H groups in total. The van der Waals surface area contributed by atoms with E-state index in [-0.39, 0.29) is 17.4 Å².